The molecular formula is C16H19N3O5S2. The van der Waals surface area contributed by atoms with Gasteiger partial charge in [0.1, 0.15) is 0 Å². The van der Waals surface area contributed by atoms with E-state index in [2.05, 4.69) is 9.62 Å². The average molecular weight is 397 g/mol. The van der Waals surface area contributed by atoms with Gasteiger partial charge in [-0.1, -0.05) is 6.07 Å². The number of sulfonamides is 1. The van der Waals surface area contributed by atoms with Crippen molar-refractivity contribution in [1.29, 1.82) is 0 Å². The van der Waals surface area contributed by atoms with Crippen LogP contribution >= 0.6 is 11.3 Å². The van der Waals surface area contributed by atoms with Gasteiger partial charge in [0, 0.05) is 37.8 Å². The Morgan fingerprint density at radius 2 is 2.08 bits per heavy atom. The Bertz CT molecular complexity index is 849. The minimum Gasteiger partial charge on any atom is -0.379 e. The van der Waals surface area contributed by atoms with Gasteiger partial charge in [-0.2, -0.15) is 11.3 Å². The van der Waals surface area contributed by atoms with Crippen LogP contribution in [0.2, 0.25) is 0 Å². The molecule has 1 unspecified atom stereocenters. The fourth-order valence-corrected chi connectivity index (χ4v) is 4.63. The number of non-ortho nitro benzene ring substituents is 1. The predicted molar refractivity (Wildman–Crippen MR) is 97.7 cm³/mol. The molecule has 8 nitrogen and oxygen atoms in total. The third-order valence-corrected chi connectivity index (χ3v) is 6.34. The molecule has 3 rings (SSSR count). The first kappa shape index (κ1) is 18.9. The number of ether oxygens (including phenoxy) is 1. The third-order valence-electron chi connectivity index (χ3n) is 4.22. The lowest BCUT2D eigenvalue weighted by molar-refractivity contribution is -0.385. The predicted octanol–water partition coefficient (Wildman–Crippen LogP) is 2.01. The summed E-state index contributed by atoms with van der Waals surface area (Å²) in [6, 6.07) is 6.91. The maximum atomic E-state index is 12.6. The summed E-state index contributed by atoms with van der Waals surface area (Å²) in [5, 5.41) is 14.8. The van der Waals surface area contributed by atoms with Crippen molar-refractivity contribution < 1.29 is 18.1 Å². The molecule has 0 spiro atoms. The number of thiophene rings is 1. The maximum absolute atomic E-state index is 12.6. The molecule has 0 saturated carbocycles. The molecule has 1 aliphatic rings. The largest absolute Gasteiger partial charge is 0.379 e. The third kappa shape index (κ3) is 4.46. The van der Waals surface area contributed by atoms with Crippen LogP contribution in [0.15, 0.2) is 46.0 Å². The van der Waals surface area contributed by atoms with Crippen LogP contribution in [0.1, 0.15) is 11.6 Å². The zero-order chi connectivity index (χ0) is 18.6. The Kier molecular flexibility index (Phi) is 5.99. The van der Waals surface area contributed by atoms with E-state index < -0.39 is 14.9 Å². The van der Waals surface area contributed by atoms with Crippen LogP contribution in [-0.2, 0) is 14.8 Å². The molecular weight excluding hydrogens is 378 g/mol. The van der Waals surface area contributed by atoms with E-state index in [1.807, 2.05) is 16.8 Å². The van der Waals surface area contributed by atoms with E-state index in [0.717, 1.165) is 24.7 Å². The Morgan fingerprint density at radius 1 is 1.31 bits per heavy atom. The SMILES string of the molecule is O=[N+]([O-])c1cccc(S(=O)(=O)NCC(c2ccsc2)N2CCOCC2)c1. The lowest BCUT2D eigenvalue weighted by atomic mass is 10.1. The minimum atomic E-state index is -3.85. The molecule has 1 N–H and O–H groups in total. The van der Waals surface area contributed by atoms with Crippen molar-refractivity contribution in [3.63, 3.8) is 0 Å². The summed E-state index contributed by atoms with van der Waals surface area (Å²) in [7, 11) is -3.85. The zero-order valence-electron chi connectivity index (χ0n) is 13.9. The molecule has 1 saturated heterocycles. The highest BCUT2D eigenvalue weighted by Crippen LogP contribution is 2.24. The summed E-state index contributed by atoms with van der Waals surface area (Å²) in [5.74, 6) is 0. The summed E-state index contributed by atoms with van der Waals surface area (Å²) in [4.78, 5) is 12.3. The van der Waals surface area contributed by atoms with Gasteiger partial charge in [-0.3, -0.25) is 15.0 Å². The van der Waals surface area contributed by atoms with Crippen LogP contribution in [0.4, 0.5) is 5.69 Å². The molecule has 2 aromatic rings. The molecule has 0 radical (unpaired) electrons. The van der Waals surface area contributed by atoms with Crippen LogP contribution in [0.5, 0.6) is 0 Å². The van der Waals surface area contributed by atoms with Gasteiger partial charge in [0.15, 0.2) is 0 Å². The monoisotopic (exact) mass is 397 g/mol. The summed E-state index contributed by atoms with van der Waals surface area (Å²) in [6.07, 6.45) is 0. The number of hydrogen-bond donors (Lipinski definition) is 1. The van der Waals surface area contributed by atoms with Crippen molar-refractivity contribution in [2.45, 2.75) is 10.9 Å². The number of morpholine rings is 1. The second-order valence-corrected chi connectivity index (χ2v) is 8.37. The first-order chi connectivity index (χ1) is 12.5. The number of nitro benzene ring substituents is 1. The standard InChI is InChI=1S/C16H19N3O5S2/c20-19(21)14-2-1-3-15(10-14)26(22,23)17-11-16(13-4-9-25-12-13)18-5-7-24-8-6-18/h1-4,9-10,12,16-17H,5-8,11H2. The van der Waals surface area contributed by atoms with Gasteiger partial charge in [0.05, 0.1) is 23.0 Å². The lowest BCUT2D eigenvalue weighted by Gasteiger charge is -2.34. The molecule has 10 heteroatoms. The highest BCUT2D eigenvalue weighted by atomic mass is 32.2. The first-order valence-corrected chi connectivity index (χ1v) is 10.5. The van der Waals surface area contributed by atoms with E-state index in [9.17, 15) is 18.5 Å². The average Bonchev–Trinajstić information content (AvgIpc) is 3.17. The van der Waals surface area contributed by atoms with Gasteiger partial charge in [0.25, 0.3) is 5.69 Å². The number of nitro groups is 1. The molecule has 26 heavy (non-hydrogen) atoms. The molecule has 0 amide bonds. The van der Waals surface area contributed by atoms with Gasteiger partial charge in [-0.15, -0.1) is 0 Å². The highest BCUT2D eigenvalue weighted by Gasteiger charge is 2.26. The second kappa shape index (κ2) is 8.23. The quantitative estimate of drug-likeness (QED) is 0.566. The normalized spacial score (nSPS) is 17.1. The van der Waals surface area contributed by atoms with Crippen LogP contribution in [0.3, 0.4) is 0 Å². The first-order valence-electron chi connectivity index (χ1n) is 8.05. The number of rotatable bonds is 7. The Balaban J connectivity index is 1.77. The lowest BCUT2D eigenvalue weighted by Crippen LogP contribution is -2.43. The number of benzene rings is 1. The van der Waals surface area contributed by atoms with Crippen molar-refractivity contribution >= 4 is 27.0 Å². The van der Waals surface area contributed by atoms with Crippen molar-refractivity contribution in [2.75, 3.05) is 32.8 Å². The summed E-state index contributed by atoms with van der Waals surface area (Å²) in [5.41, 5.74) is 0.786. The minimum absolute atomic E-state index is 0.112. The summed E-state index contributed by atoms with van der Waals surface area (Å²) >= 11 is 1.56. The number of hydrogen-bond acceptors (Lipinski definition) is 7. The van der Waals surface area contributed by atoms with E-state index >= 15 is 0 Å². The van der Waals surface area contributed by atoms with E-state index in [1.54, 1.807) is 11.3 Å². The van der Waals surface area contributed by atoms with Crippen molar-refractivity contribution in [3.8, 4) is 0 Å². The van der Waals surface area contributed by atoms with E-state index in [1.165, 1.54) is 18.2 Å². The van der Waals surface area contributed by atoms with E-state index in [0.29, 0.717) is 13.2 Å². The van der Waals surface area contributed by atoms with E-state index in [-0.39, 0.29) is 23.2 Å². The van der Waals surface area contributed by atoms with Gasteiger partial charge in [0.2, 0.25) is 10.0 Å². The Labute approximate surface area is 155 Å². The van der Waals surface area contributed by atoms with Gasteiger partial charge < -0.3 is 4.74 Å². The van der Waals surface area contributed by atoms with Crippen LogP contribution in [0.25, 0.3) is 0 Å². The Hall–Kier alpha value is -1.85. The number of nitrogens with zero attached hydrogens (tertiary/aromatic N) is 2. The van der Waals surface area contributed by atoms with Crippen LogP contribution in [0, 0.1) is 10.1 Å². The molecule has 1 fully saturated rings. The van der Waals surface area contributed by atoms with Crippen LogP contribution in [-0.4, -0.2) is 51.1 Å². The molecule has 1 atom stereocenters. The molecule has 1 aromatic heterocycles. The molecule has 2 heterocycles. The van der Waals surface area contributed by atoms with Crippen molar-refractivity contribution in [1.82, 2.24) is 9.62 Å². The van der Waals surface area contributed by atoms with Gasteiger partial charge in [-0.25, -0.2) is 13.1 Å². The topological polar surface area (TPSA) is 102 Å². The van der Waals surface area contributed by atoms with Crippen molar-refractivity contribution in [2.24, 2.45) is 0 Å². The highest BCUT2D eigenvalue weighted by molar-refractivity contribution is 7.89. The van der Waals surface area contributed by atoms with E-state index in [4.69, 9.17) is 4.74 Å². The van der Waals surface area contributed by atoms with Crippen molar-refractivity contribution in [3.05, 3.63) is 56.8 Å². The fraction of sp³-hybridized carbons (Fsp3) is 0.375. The smallest absolute Gasteiger partial charge is 0.270 e. The molecule has 1 aromatic carbocycles. The Morgan fingerprint density at radius 3 is 2.73 bits per heavy atom. The number of nitrogens with one attached hydrogen (secondary N) is 1. The summed E-state index contributed by atoms with van der Waals surface area (Å²) < 4.78 is 33.2. The second-order valence-electron chi connectivity index (χ2n) is 5.83. The summed E-state index contributed by atoms with van der Waals surface area (Å²) in [6.45, 7) is 2.84. The molecule has 140 valence electrons. The van der Waals surface area contributed by atoms with Gasteiger partial charge >= 0.3 is 0 Å². The van der Waals surface area contributed by atoms with Gasteiger partial charge in [-0.05, 0) is 28.5 Å². The van der Waals surface area contributed by atoms with Crippen LogP contribution < -0.4 is 4.72 Å². The molecule has 1 aliphatic heterocycles. The zero-order valence-corrected chi connectivity index (χ0v) is 15.5. The molecule has 0 aliphatic carbocycles. The fourth-order valence-electron chi connectivity index (χ4n) is 2.85. The maximum Gasteiger partial charge on any atom is 0.270 e. The molecule has 0 bridgehead atoms.